The molecule has 0 spiro atoms. The Morgan fingerprint density at radius 1 is 1.56 bits per heavy atom. The van der Waals surface area contributed by atoms with Gasteiger partial charge in [0.2, 0.25) is 0 Å². The van der Waals surface area contributed by atoms with E-state index < -0.39 is 0 Å². The van der Waals surface area contributed by atoms with Gasteiger partial charge in [-0.3, -0.25) is 0 Å². The van der Waals surface area contributed by atoms with Gasteiger partial charge >= 0.3 is 0 Å². The summed E-state index contributed by atoms with van der Waals surface area (Å²) < 4.78 is 10.6. The Balaban J connectivity index is 2.14. The van der Waals surface area contributed by atoms with Crippen LogP contribution in [0.1, 0.15) is 6.42 Å². The minimum Gasteiger partial charge on any atom is -0.424 e. The van der Waals surface area contributed by atoms with Gasteiger partial charge < -0.3 is 25.3 Å². The zero-order valence-electron chi connectivity index (χ0n) is 10.2. The number of hydrogen-bond donors (Lipinski definition) is 3. The fourth-order valence-corrected chi connectivity index (χ4v) is 1.74. The molecule has 0 fully saturated rings. The van der Waals surface area contributed by atoms with Crippen LogP contribution in [0.25, 0.3) is 11.1 Å². The van der Waals surface area contributed by atoms with Crippen LogP contribution in [0, 0.1) is 0 Å². The molecule has 98 valence electrons. The van der Waals surface area contributed by atoms with E-state index in [1.54, 1.807) is 25.3 Å². The molecule has 18 heavy (non-hydrogen) atoms. The number of fused-ring (bicyclic) bond motifs is 1. The van der Waals surface area contributed by atoms with E-state index in [2.05, 4.69) is 10.3 Å². The molecule has 1 heterocycles. The average Bonchev–Trinajstić information content (AvgIpc) is 2.71. The van der Waals surface area contributed by atoms with E-state index in [1.165, 1.54) is 0 Å². The molecule has 1 aromatic carbocycles. The molecule has 4 N–H and O–H groups in total. The molecule has 0 aliphatic carbocycles. The second-order valence-electron chi connectivity index (χ2n) is 4.06. The van der Waals surface area contributed by atoms with Gasteiger partial charge in [-0.05, 0) is 24.6 Å². The molecular weight excluding hydrogens is 234 g/mol. The maximum Gasteiger partial charge on any atom is 0.295 e. The normalized spacial score (nSPS) is 12.8. The minimum atomic E-state index is -0.0367. The van der Waals surface area contributed by atoms with Crippen LogP contribution in [-0.2, 0) is 4.74 Å². The van der Waals surface area contributed by atoms with Crippen molar-refractivity contribution < 1.29 is 14.3 Å². The number of aliphatic hydroxyl groups is 1. The Bertz CT molecular complexity index is 506. The number of oxazole rings is 1. The van der Waals surface area contributed by atoms with Gasteiger partial charge in [0.1, 0.15) is 5.52 Å². The number of nitrogens with zero attached hydrogens (tertiary/aromatic N) is 1. The molecule has 1 atom stereocenters. The lowest BCUT2D eigenvalue weighted by Crippen LogP contribution is -2.26. The van der Waals surface area contributed by atoms with Crippen LogP contribution >= 0.6 is 0 Å². The smallest absolute Gasteiger partial charge is 0.295 e. The Kier molecular flexibility index (Phi) is 4.01. The number of hydrogen-bond acceptors (Lipinski definition) is 6. The number of benzene rings is 1. The first kappa shape index (κ1) is 12.7. The van der Waals surface area contributed by atoms with Crippen LogP contribution in [0.2, 0.25) is 0 Å². The zero-order valence-corrected chi connectivity index (χ0v) is 10.2. The third kappa shape index (κ3) is 2.91. The van der Waals surface area contributed by atoms with E-state index in [0.717, 1.165) is 0 Å². The first-order chi connectivity index (χ1) is 8.72. The number of rotatable bonds is 6. The summed E-state index contributed by atoms with van der Waals surface area (Å²) in [4.78, 5) is 4.28. The lowest BCUT2D eigenvalue weighted by atomic mass is 10.2. The molecule has 2 rings (SSSR count). The van der Waals surface area contributed by atoms with Gasteiger partial charge in [-0.1, -0.05) is 0 Å². The summed E-state index contributed by atoms with van der Waals surface area (Å²) in [5.41, 5.74) is 7.70. The van der Waals surface area contributed by atoms with Crippen molar-refractivity contribution in [2.75, 3.05) is 31.4 Å². The number of nitrogens with two attached hydrogens (primary N) is 1. The van der Waals surface area contributed by atoms with Crippen molar-refractivity contribution in [3.63, 3.8) is 0 Å². The Morgan fingerprint density at radius 3 is 3.11 bits per heavy atom. The largest absolute Gasteiger partial charge is 0.424 e. The second kappa shape index (κ2) is 5.70. The Morgan fingerprint density at radius 2 is 2.39 bits per heavy atom. The van der Waals surface area contributed by atoms with Crippen molar-refractivity contribution >= 4 is 22.8 Å². The van der Waals surface area contributed by atoms with Gasteiger partial charge in [-0.2, -0.15) is 4.98 Å². The number of nitrogens with one attached hydrogen (secondary N) is 1. The van der Waals surface area contributed by atoms with E-state index in [9.17, 15) is 0 Å². The predicted octanol–water partition coefficient (Wildman–Crippen LogP) is 1.22. The van der Waals surface area contributed by atoms with E-state index >= 15 is 0 Å². The molecule has 0 amide bonds. The molecule has 2 aromatic rings. The molecule has 6 heteroatoms. The first-order valence-corrected chi connectivity index (χ1v) is 5.75. The second-order valence-corrected chi connectivity index (χ2v) is 4.06. The van der Waals surface area contributed by atoms with Crippen LogP contribution < -0.4 is 11.1 Å². The molecular formula is C12H17N3O3. The highest BCUT2D eigenvalue weighted by Gasteiger charge is 2.12. The number of anilines is 2. The van der Waals surface area contributed by atoms with E-state index in [1.807, 2.05) is 0 Å². The molecule has 0 aliphatic rings. The van der Waals surface area contributed by atoms with Gasteiger partial charge in [0, 0.05) is 19.4 Å². The monoisotopic (exact) mass is 251 g/mol. The van der Waals surface area contributed by atoms with Gasteiger partial charge in [-0.15, -0.1) is 0 Å². The summed E-state index contributed by atoms with van der Waals surface area (Å²) >= 11 is 0. The van der Waals surface area contributed by atoms with Crippen LogP contribution in [0.3, 0.4) is 0 Å². The summed E-state index contributed by atoms with van der Waals surface area (Å²) in [5.74, 6) is 0. The molecule has 0 radical (unpaired) electrons. The average molecular weight is 251 g/mol. The zero-order chi connectivity index (χ0) is 13.0. The highest BCUT2D eigenvalue weighted by Crippen LogP contribution is 2.21. The molecule has 0 saturated carbocycles. The number of methoxy groups -OCH3 is 1. The molecule has 1 aromatic heterocycles. The maximum absolute atomic E-state index is 8.95. The quantitative estimate of drug-likeness (QED) is 0.668. The SMILES string of the molecule is COCC(CCO)Nc1nc2cc(N)ccc2o1. The Hall–Kier alpha value is -1.79. The van der Waals surface area contributed by atoms with Gasteiger partial charge in [0.25, 0.3) is 6.01 Å². The van der Waals surface area contributed by atoms with Crippen LogP contribution in [-0.4, -0.2) is 36.5 Å². The summed E-state index contributed by atoms with van der Waals surface area (Å²) in [5, 5.41) is 12.0. The fraction of sp³-hybridized carbons (Fsp3) is 0.417. The van der Waals surface area contributed by atoms with Gasteiger partial charge in [-0.25, -0.2) is 0 Å². The Labute approximate surface area is 105 Å². The van der Waals surface area contributed by atoms with Crippen LogP contribution in [0.4, 0.5) is 11.7 Å². The third-order valence-corrected chi connectivity index (χ3v) is 2.58. The van der Waals surface area contributed by atoms with Crippen molar-refractivity contribution in [1.82, 2.24) is 4.98 Å². The van der Waals surface area contributed by atoms with Crippen LogP contribution in [0.5, 0.6) is 0 Å². The topological polar surface area (TPSA) is 93.5 Å². The number of aromatic nitrogens is 1. The summed E-state index contributed by atoms with van der Waals surface area (Å²) in [6.45, 7) is 0.551. The summed E-state index contributed by atoms with van der Waals surface area (Å²) in [7, 11) is 1.61. The number of nitrogen functional groups attached to an aromatic ring is 1. The van der Waals surface area contributed by atoms with E-state index in [4.69, 9.17) is 20.0 Å². The maximum atomic E-state index is 8.95. The van der Waals surface area contributed by atoms with Gasteiger partial charge in [0.15, 0.2) is 5.58 Å². The van der Waals surface area contributed by atoms with Crippen molar-refractivity contribution in [3.8, 4) is 0 Å². The molecule has 1 unspecified atom stereocenters. The molecule has 0 saturated heterocycles. The van der Waals surface area contributed by atoms with Gasteiger partial charge in [0.05, 0.1) is 12.6 Å². The molecule has 0 bridgehead atoms. The van der Waals surface area contributed by atoms with Crippen molar-refractivity contribution in [3.05, 3.63) is 18.2 Å². The van der Waals surface area contributed by atoms with Crippen molar-refractivity contribution in [2.24, 2.45) is 0 Å². The minimum absolute atomic E-state index is 0.0367. The molecule has 0 aliphatic heterocycles. The fourth-order valence-electron chi connectivity index (χ4n) is 1.74. The lowest BCUT2D eigenvalue weighted by molar-refractivity contribution is 0.169. The molecule has 6 nitrogen and oxygen atoms in total. The number of ether oxygens (including phenoxy) is 1. The van der Waals surface area contributed by atoms with E-state index in [0.29, 0.717) is 35.8 Å². The van der Waals surface area contributed by atoms with E-state index in [-0.39, 0.29) is 12.6 Å². The van der Waals surface area contributed by atoms with Crippen molar-refractivity contribution in [1.29, 1.82) is 0 Å². The standard InChI is InChI=1S/C12H17N3O3/c1-17-7-9(4-5-16)14-12-15-10-6-8(13)2-3-11(10)18-12/h2-3,6,9,16H,4-5,7,13H2,1H3,(H,14,15). The highest BCUT2D eigenvalue weighted by atomic mass is 16.5. The summed E-state index contributed by atoms with van der Waals surface area (Å²) in [6.07, 6.45) is 0.564. The lowest BCUT2D eigenvalue weighted by Gasteiger charge is -2.14. The van der Waals surface area contributed by atoms with Crippen LogP contribution in [0.15, 0.2) is 22.6 Å². The summed E-state index contributed by atoms with van der Waals surface area (Å²) in [6, 6.07) is 5.66. The third-order valence-electron chi connectivity index (χ3n) is 2.58. The highest BCUT2D eigenvalue weighted by molar-refractivity contribution is 5.78. The van der Waals surface area contributed by atoms with Crippen molar-refractivity contribution in [2.45, 2.75) is 12.5 Å². The number of aliphatic hydroxyl groups excluding tert-OH is 1. The first-order valence-electron chi connectivity index (χ1n) is 5.75. The predicted molar refractivity (Wildman–Crippen MR) is 69.4 cm³/mol.